The average molecular weight is 623 g/mol. The van der Waals surface area contributed by atoms with E-state index >= 15 is 0 Å². The van der Waals surface area contributed by atoms with Gasteiger partial charge in [0.2, 0.25) is 0 Å². The minimum atomic E-state index is -0.949. The Labute approximate surface area is 270 Å². The van der Waals surface area contributed by atoms with E-state index in [1.807, 2.05) is 68.7 Å². The molecule has 1 atom stereocenters. The molecule has 1 saturated heterocycles. The standard InChI is InChI=1S/C37H42N4O5/c1-9-19-45-37(6)15-17-40(18-16-37)33-30-22-29(26-12-10-11-25(20-26)28-21-27(38-7)13-14-31(28)42)39-41(30)23-24(2)32(33)34(35(43)44-8)46-36(3,4)5/h9-14,20-23,34,42H,1,15-19H2,2-6,8H3/t34-/m0/s1. The molecular weight excluding hydrogens is 580 g/mol. The Bertz CT molecular complexity index is 1800. The average Bonchev–Trinajstić information content (AvgIpc) is 3.46. The van der Waals surface area contributed by atoms with Crippen molar-refractivity contribution in [3.8, 4) is 28.1 Å². The van der Waals surface area contributed by atoms with E-state index in [0.29, 0.717) is 30.9 Å². The summed E-state index contributed by atoms with van der Waals surface area (Å²) in [7, 11) is 1.38. The molecule has 0 unspecified atom stereocenters. The van der Waals surface area contributed by atoms with E-state index in [2.05, 4.69) is 23.2 Å². The Balaban J connectivity index is 1.66. The molecule has 0 bridgehead atoms. The van der Waals surface area contributed by atoms with Crippen molar-refractivity contribution in [1.29, 1.82) is 0 Å². The number of phenols is 1. The maximum atomic E-state index is 13.4. The molecule has 1 N–H and O–H groups in total. The summed E-state index contributed by atoms with van der Waals surface area (Å²) in [5, 5.41) is 15.6. The molecule has 0 saturated carbocycles. The maximum Gasteiger partial charge on any atom is 0.339 e. The van der Waals surface area contributed by atoms with Crippen molar-refractivity contribution in [2.24, 2.45) is 0 Å². The van der Waals surface area contributed by atoms with Gasteiger partial charge in [0.15, 0.2) is 11.8 Å². The first kappa shape index (κ1) is 32.7. The number of esters is 1. The summed E-state index contributed by atoms with van der Waals surface area (Å²) in [6, 6.07) is 14.6. The Morgan fingerprint density at radius 3 is 2.54 bits per heavy atom. The van der Waals surface area contributed by atoms with E-state index in [1.54, 1.807) is 24.3 Å². The zero-order chi connectivity index (χ0) is 33.2. The molecule has 1 aliphatic heterocycles. The van der Waals surface area contributed by atoms with Crippen LogP contribution in [0.1, 0.15) is 57.8 Å². The van der Waals surface area contributed by atoms with Gasteiger partial charge >= 0.3 is 5.97 Å². The largest absolute Gasteiger partial charge is 0.507 e. The number of nitrogens with zero attached hydrogens (tertiary/aromatic N) is 4. The van der Waals surface area contributed by atoms with Crippen LogP contribution in [0.4, 0.5) is 11.4 Å². The number of anilines is 1. The van der Waals surface area contributed by atoms with Crippen LogP contribution in [0.2, 0.25) is 0 Å². The van der Waals surface area contributed by atoms with Crippen molar-refractivity contribution in [3.05, 3.63) is 89.9 Å². The Morgan fingerprint density at radius 1 is 1.17 bits per heavy atom. The fraction of sp³-hybridized carbons (Fsp3) is 0.378. The summed E-state index contributed by atoms with van der Waals surface area (Å²) >= 11 is 0. The number of hydrogen-bond donors (Lipinski definition) is 1. The molecule has 5 rings (SSSR count). The van der Waals surface area contributed by atoms with Crippen LogP contribution in [0.25, 0.3) is 32.7 Å². The van der Waals surface area contributed by atoms with Gasteiger partial charge in [-0.05, 0) is 82.9 Å². The van der Waals surface area contributed by atoms with Gasteiger partial charge in [-0.1, -0.05) is 30.3 Å². The number of hydrogen-bond acceptors (Lipinski definition) is 7. The van der Waals surface area contributed by atoms with Crippen LogP contribution in [-0.4, -0.2) is 58.7 Å². The van der Waals surface area contributed by atoms with Gasteiger partial charge in [-0.3, -0.25) is 0 Å². The number of ether oxygens (including phenoxy) is 3. The van der Waals surface area contributed by atoms with Crippen LogP contribution >= 0.6 is 0 Å². The Hall–Kier alpha value is -4.65. The number of aromatic nitrogens is 2. The summed E-state index contributed by atoms with van der Waals surface area (Å²) in [5.74, 6) is -0.363. The molecule has 1 aliphatic rings. The topological polar surface area (TPSA) is 89.9 Å². The molecule has 0 amide bonds. The van der Waals surface area contributed by atoms with Crippen LogP contribution in [0.5, 0.6) is 5.75 Å². The van der Waals surface area contributed by atoms with Crippen LogP contribution < -0.4 is 4.90 Å². The highest BCUT2D eigenvalue weighted by Gasteiger charge is 2.37. The first-order valence-corrected chi connectivity index (χ1v) is 15.5. The van der Waals surface area contributed by atoms with E-state index < -0.39 is 17.7 Å². The van der Waals surface area contributed by atoms with Gasteiger partial charge in [-0.2, -0.15) is 5.10 Å². The zero-order valence-electron chi connectivity index (χ0n) is 27.5. The lowest BCUT2D eigenvalue weighted by Gasteiger charge is -2.41. The number of phenolic OH excluding ortho intramolecular Hbond substituents is 1. The fourth-order valence-corrected chi connectivity index (χ4v) is 6.02. The third-order valence-corrected chi connectivity index (χ3v) is 8.39. The number of benzene rings is 2. The number of piperidine rings is 1. The predicted octanol–water partition coefficient (Wildman–Crippen LogP) is 7.82. The molecule has 2 aromatic carbocycles. The third-order valence-electron chi connectivity index (χ3n) is 8.39. The van der Waals surface area contributed by atoms with Crippen LogP contribution in [0.3, 0.4) is 0 Å². The van der Waals surface area contributed by atoms with E-state index in [0.717, 1.165) is 52.0 Å². The van der Waals surface area contributed by atoms with Crippen molar-refractivity contribution in [1.82, 2.24) is 9.61 Å². The van der Waals surface area contributed by atoms with Crippen molar-refractivity contribution >= 4 is 22.9 Å². The summed E-state index contributed by atoms with van der Waals surface area (Å²) in [6.07, 6.45) is 4.33. The van der Waals surface area contributed by atoms with Gasteiger partial charge < -0.3 is 24.2 Å². The predicted molar refractivity (Wildman–Crippen MR) is 180 cm³/mol. The van der Waals surface area contributed by atoms with Gasteiger partial charge in [0.05, 0.1) is 48.4 Å². The van der Waals surface area contributed by atoms with E-state index in [4.69, 9.17) is 25.9 Å². The van der Waals surface area contributed by atoms with Gasteiger partial charge in [0.1, 0.15) is 5.75 Å². The molecule has 3 heterocycles. The molecule has 46 heavy (non-hydrogen) atoms. The van der Waals surface area contributed by atoms with E-state index in [9.17, 15) is 9.90 Å². The second-order valence-electron chi connectivity index (χ2n) is 13.0. The molecule has 0 spiro atoms. The number of pyridine rings is 1. The normalized spacial score (nSPS) is 15.4. The lowest BCUT2D eigenvalue weighted by molar-refractivity contribution is -0.164. The molecule has 2 aromatic heterocycles. The van der Waals surface area contributed by atoms with E-state index in [1.165, 1.54) is 7.11 Å². The Morgan fingerprint density at radius 2 is 1.89 bits per heavy atom. The van der Waals surface area contributed by atoms with Crippen molar-refractivity contribution in [2.45, 2.75) is 64.8 Å². The smallest absolute Gasteiger partial charge is 0.339 e. The van der Waals surface area contributed by atoms with Gasteiger partial charge in [0, 0.05) is 36.0 Å². The summed E-state index contributed by atoms with van der Waals surface area (Å²) in [4.78, 5) is 19.2. The molecular formula is C37H42N4O5. The van der Waals surface area contributed by atoms with Crippen molar-refractivity contribution in [3.63, 3.8) is 0 Å². The minimum absolute atomic E-state index is 0.101. The lowest BCUT2D eigenvalue weighted by atomic mass is 9.91. The molecule has 4 aromatic rings. The maximum absolute atomic E-state index is 13.4. The minimum Gasteiger partial charge on any atom is -0.507 e. The van der Waals surface area contributed by atoms with E-state index in [-0.39, 0.29) is 11.4 Å². The summed E-state index contributed by atoms with van der Waals surface area (Å²) < 4.78 is 19.7. The highest BCUT2D eigenvalue weighted by molar-refractivity contribution is 5.88. The number of methoxy groups -OCH3 is 1. The van der Waals surface area contributed by atoms with Crippen molar-refractivity contribution in [2.75, 3.05) is 31.7 Å². The monoisotopic (exact) mass is 622 g/mol. The van der Waals surface area contributed by atoms with Gasteiger partial charge in [-0.25, -0.2) is 14.2 Å². The second-order valence-corrected chi connectivity index (χ2v) is 13.0. The summed E-state index contributed by atoms with van der Waals surface area (Å²) in [5.41, 5.74) is 5.79. The summed E-state index contributed by atoms with van der Waals surface area (Å²) in [6.45, 7) is 23.0. The third kappa shape index (κ3) is 6.79. The fourth-order valence-electron chi connectivity index (χ4n) is 6.02. The lowest BCUT2D eigenvalue weighted by Crippen LogP contribution is -2.45. The number of carbonyl (C=O) groups is 1. The van der Waals surface area contributed by atoms with Crippen LogP contribution in [0, 0.1) is 13.5 Å². The number of rotatable bonds is 9. The highest BCUT2D eigenvalue weighted by atomic mass is 16.6. The first-order valence-electron chi connectivity index (χ1n) is 15.5. The van der Waals surface area contributed by atoms with Crippen LogP contribution in [-0.2, 0) is 19.0 Å². The Kier molecular flexibility index (Phi) is 9.24. The van der Waals surface area contributed by atoms with Gasteiger partial charge in [-0.15, -0.1) is 6.58 Å². The number of aromatic hydroxyl groups is 1. The number of aryl methyl sites for hydroxylation is 1. The molecule has 9 heteroatoms. The zero-order valence-corrected chi connectivity index (χ0v) is 27.5. The molecule has 9 nitrogen and oxygen atoms in total. The van der Waals surface area contributed by atoms with Gasteiger partial charge in [0.25, 0.3) is 0 Å². The highest BCUT2D eigenvalue weighted by Crippen LogP contribution is 2.42. The number of carbonyl (C=O) groups excluding carboxylic acids is 1. The second kappa shape index (κ2) is 13.0. The molecule has 0 radical (unpaired) electrons. The number of fused-ring (bicyclic) bond motifs is 1. The molecule has 1 fully saturated rings. The molecule has 0 aliphatic carbocycles. The van der Waals surface area contributed by atoms with Crippen LogP contribution in [0.15, 0.2) is 67.4 Å². The quantitative estimate of drug-likeness (QED) is 0.116. The van der Waals surface area contributed by atoms with Crippen molar-refractivity contribution < 1.29 is 24.1 Å². The SMILES string of the molecule is [C-]#[N+]c1ccc(O)c(-c2cccc(-c3cc4c(N5CCC(C)(OCC=C)CC5)c([C@H](OC(C)(C)C)C(=O)OC)c(C)cn4n3)c2)c1. The molecule has 240 valence electrons. The first-order chi connectivity index (χ1) is 21.9.